The largest absolute Gasteiger partial charge is 0.301 e. The molecule has 0 bridgehead atoms. The van der Waals surface area contributed by atoms with Crippen LogP contribution in [0.1, 0.15) is 58.3 Å². The number of hydrogen-bond acceptors (Lipinski definition) is 3. The monoisotopic (exact) mass is 329 g/mol. The SMILES string of the molecule is CC(CN1CCCCC1)N(C(=O)C1CCCCC1)c1ccccn1. The molecule has 24 heavy (non-hydrogen) atoms. The first-order valence-electron chi connectivity index (χ1n) is 9.72. The number of piperidine rings is 1. The Morgan fingerprint density at radius 2 is 1.88 bits per heavy atom. The van der Waals surface area contributed by atoms with Crippen molar-refractivity contribution in [2.24, 2.45) is 5.92 Å². The molecule has 4 nitrogen and oxygen atoms in total. The van der Waals surface area contributed by atoms with Crippen molar-refractivity contribution in [3.63, 3.8) is 0 Å². The lowest BCUT2D eigenvalue weighted by Crippen LogP contribution is -2.49. The van der Waals surface area contributed by atoms with Crippen molar-refractivity contribution in [3.05, 3.63) is 24.4 Å². The molecule has 0 aromatic carbocycles. The van der Waals surface area contributed by atoms with Crippen molar-refractivity contribution in [2.75, 3.05) is 24.5 Å². The molecule has 132 valence electrons. The Morgan fingerprint density at radius 1 is 1.17 bits per heavy atom. The normalized spacial score (nSPS) is 21.4. The molecule has 4 heteroatoms. The van der Waals surface area contributed by atoms with E-state index < -0.39 is 0 Å². The van der Waals surface area contributed by atoms with Crippen LogP contribution in [0.25, 0.3) is 0 Å². The van der Waals surface area contributed by atoms with E-state index in [4.69, 9.17) is 0 Å². The molecule has 1 aromatic rings. The third-order valence-corrected chi connectivity index (χ3v) is 5.50. The van der Waals surface area contributed by atoms with Crippen LogP contribution in [0.3, 0.4) is 0 Å². The van der Waals surface area contributed by atoms with Crippen LogP contribution in [0, 0.1) is 5.92 Å². The number of hydrogen-bond donors (Lipinski definition) is 0. The number of rotatable bonds is 5. The molecule has 1 amide bonds. The number of amides is 1. The molecular weight excluding hydrogens is 298 g/mol. The first kappa shape index (κ1) is 17.4. The number of carbonyl (C=O) groups excluding carboxylic acids is 1. The zero-order valence-electron chi connectivity index (χ0n) is 15.0. The lowest BCUT2D eigenvalue weighted by Gasteiger charge is -2.36. The van der Waals surface area contributed by atoms with Crippen molar-refractivity contribution in [3.8, 4) is 0 Å². The van der Waals surface area contributed by atoms with Crippen molar-refractivity contribution in [2.45, 2.75) is 64.3 Å². The third kappa shape index (κ3) is 4.35. The summed E-state index contributed by atoms with van der Waals surface area (Å²) in [5, 5.41) is 0. The molecule has 1 atom stereocenters. The van der Waals surface area contributed by atoms with Crippen molar-refractivity contribution in [1.29, 1.82) is 0 Å². The Kier molecular flexibility index (Phi) is 6.24. The smallest absolute Gasteiger partial charge is 0.231 e. The molecule has 2 heterocycles. The van der Waals surface area contributed by atoms with Gasteiger partial charge in [0.1, 0.15) is 5.82 Å². The highest BCUT2D eigenvalue weighted by atomic mass is 16.2. The van der Waals surface area contributed by atoms with Gasteiger partial charge < -0.3 is 4.90 Å². The van der Waals surface area contributed by atoms with Gasteiger partial charge in [0.15, 0.2) is 0 Å². The lowest BCUT2D eigenvalue weighted by atomic mass is 9.88. The number of anilines is 1. The first-order chi connectivity index (χ1) is 11.8. The highest BCUT2D eigenvalue weighted by molar-refractivity contribution is 5.94. The fourth-order valence-electron chi connectivity index (χ4n) is 4.20. The summed E-state index contributed by atoms with van der Waals surface area (Å²) < 4.78 is 0. The molecule has 0 spiro atoms. The molecule has 3 rings (SSSR count). The number of aromatic nitrogens is 1. The summed E-state index contributed by atoms with van der Waals surface area (Å²) in [5.41, 5.74) is 0. The molecule has 1 saturated heterocycles. The number of carbonyl (C=O) groups is 1. The van der Waals surface area contributed by atoms with Crippen LogP contribution >= 0.6 is 0 Å². The van der Waals surface area contributed by atoms with Crippen molar-refractivity contribution < 1.29 is 4.79 Å². The van der Waals surface area contributed by atoms with E-state index in [9.17, 15) is 4.79 Å². The van der Waals surface area contributed by atoms with Gasteiger partial charge in [0.25, 0.3) is 0 Å². The number of nitrogens with zero attached hydrogens (tertiary/aromatic N) is 3. The molecule has 1 aliphatic carbocycles. The Bertz CT molecular complexity index is 507. The van der Waals surface area contributed by atoms with E-state index in [1.807, 2.05) is 23.1 Å². The van der Waals surface area contributed by atoms with Crippen LogP contribution in [-0.2, 0) is 4.79 Å². The van der Waals surface area contributed by atoms with Crippen molar-refractivity contribution >= 4 is 11.7 Å². The van der Waals surface area contributed by atoms with Gasteiger partial charge >= 0.3 is 0 Å². The zero-order chi connectivity index (χ0) is 16.8. The van der Waals surface area contributed by atoms with Gasteiger partial charge in [-0.3, -0.25) is 9.69 Å². The summed E-state index contributed by atoms with van der Waals surface area (Å²) >= 11 is 0. The topological polar surface area (TPSA) is 36.4 Å². The van der Waals surface area contributed by atoms with Gasteiger partial charge in [-0.1, -0.05) is 31.7 Å². The first-order valence-corrected chi connectivity index (χ1v) is 9.72. The summed E-state index contributed by atoms with van der Waals surface area (Å²) in [6.45, 7) is 5.47. The Labute approximate surface area is 146 Å². The summed E-state index contributed by atoms with van der Waals surface area (Å²) in [4.78, 5) is 22.2. The summed E-state index contributed by atoms with van der Waals surface area (Å²) in [6.07, 6.45) is 11.4. The van der Waals surface area contributed by atoms with Crippen molar-refractivity contribution in [1.82, 2.24) is 9.88 Å². The van der Waals surface area contributed by atoms with Gasteiger partial charge in [-0.05, 0) is 57.8 Å². The Balaban J connectivity index is 1.74. The van der Waals surface area contributed by atoms with E-state index in [2.05, 4.69) is 16.8 Å². The van der Waals surface area contributed by atoms with Crippen LogP contribution in [0.15, 0.2) is 24.4 Å². The van der Waals surface area contributed by atoms with Crippen LogP contribution in [0.4, 0.5) is 5.82 Å². The Hall–Kier alpha value is -1.42. The fourth-order valence-corrected chi connectivity index (χ4v) is 4.20. The molecule has 1 aliphatic heterocycles. The van der Waals surface area contributed by atoms with E-state index in [0.717, 1.165) is 38.3 Å². The van der Waals surface area contributed by atoms with Gasteiger partial charge in [-0.15, -0.1) is 0 Å². The van der Waals surface area contributed by atoms with E-state index in [1.165, 1.54) is 38.5 Å². The molecule has 1 aromatic heterocycles. The van der Waals surface area contributed by atoms with Gasteiger partial charge in [0, 0.05) is 24.7 Å². The summed E-state index contributed by atoms with van der Waals surface area (Å²) in [5.74, 6) is 1.29. The lowest BCUT2D eigenvalue weighted by molar-refractivity contribution is -0.123. The van der Waals surface area contributed by atoms with Gasteiger partial charge in [-0.2, -0.15) is 0 Å². The molecule has 2 aliphatic rings. The highest BCUT2D eigenvalue weighted by Gasteiger charge is 2.31. The van der Waals surface area contributed by atoms with Gasteiger partial charge in [-0.25, -0.2) is 4.98 Å². The van der Waals surface area contributed by atoms with E-state index in [1.54, 1.807) is 6.20 Å². The van der Waals surface area contributed by atoms with E-state index in [0.29, 0.717) is 0 Å². The average Bonchev–Trinajstić information content (AvgIpc) is 2.64. The van der Waals surface area contributed by atoms with Crippen LogP contribution in [0.2, 0.25) is 0 Å². The zero-order valence-corrected chi connectivity index (χ0v) is 15.0. The molecular formula is C20H31N3O. The highest BCUT2D eigenvalue weighted by Crippen LogP contribution is 2.28. The van der Waals surface area contributed by atoms with Crippen LogP contribution in [0.5, 0.6) is 0 Å². The summed E-state index contributed by atoms with van der Waals surface area (Å²) in [7, 11) is 0. The van der Waals surface area contributed by atoms with Gasteiger partial charge in [0.05, 0.1) is 0 Å². The van der Waals surface area contributed by atoms with Crippen LogP contribution < -0.4 is 4.90 Å². The second-order valence-corrected chi connectivity index (χ2v) is 7.44. The van der Waals surface area contributed by atoms with Gasteiger partial charge in [0.2, 0.25) is 5.91 Å². The molecule has 2 fully saturated rings. The number of likely N-dealkylation sites (tertiary alicyclic amines) is 1. The minimum absolute atomic E-state index is 0.174. The minimum Gasteiger partial charge on any atom is -0.301 e. The quantitative estimate of drug-likeness (QED) is 0.823. The predicted molar refractivity (Wildman–Crippen MR) is 98.1 cm³/mol. The third-order valence-electron chi connectivity index (χ3n) is 5.50. The standard InChI is InChI=1S/C20H31N3O/c1-17(16-22-14-8-3-9-15-22)23(19-12-6-7-13-21-19)20(24)18-10-4-2-5-11-18/h6-7,12-13,17-18H,2-5,8-11,14-16H2,1H3. The maximum atomic E-state index is 13.2. The molecule has 1 unspecified atom stereocenters. The summed E-state index contributed by atoms with van der Waals surface area (Å²) in [6, 6.07) is 6.06. The van der Waals surface area contributed by atoms with Crippen LogP contribution in [-0.4, -0.2) is 41.5 Å². The maximum Gasteiger partial charge on any atom is 0.231 e. The Morgan fingerprint density at radius 3 is 2.54 bits per heavy atom. The molecule has 1 saturated carbocycles. The van der Waals surface area contributed by atoms with E-state index >= 15 is 0 Å². The second kappa shape index (κ2) is 8.61. The number of pyridine rings is 1. The maximum absolute atomic E-state index is 13.2. The molecule has 0 radical (unpaired) electrons. The predicted octanol–water partition coefficient (Wildman–Crippen LogP) is 3.87. The average molecular weight is 329 g/mol. The second-order valence-electron chi connectivity index (χ2n) is 7.44. The minimum atomic E-state index is 0.174. The van der Waals surface area contributed by atoms with E-state index in [-0.39, 0.29) is 17.9 Å². The molecule has 0 N–H and O–H groups in total. The fraction of sp³-hybridized carbons (Fsp3) is 0.700.